The fourth-order valence-corrected chi connectivity index (χ4v) is 12.8. The number of aliphatic hydroxyl groups is 9. The van der Waals surface area contributed by atoms with Crippen LogP contribution in [0.25, 0.3) is 33.5 Å². The van der Waals surface area contributed by atoms with E-state index in [1.807, 2.05) is 20.8 Å². The standard InChI is InChI=1S/3C24H31FN6O4S/c3*1-3-8-36-24-27-22(26-16-10-14(16)13-5-4-12(2)15(25)9-13)19-23(28-24)31(30-29-19)17-11-18(35-7-6-32)21(34)20(17)33/h3*4-5,9,14,16-18,20-21,32-34H,3,6-8,10-11H2,1-2H3,(H,26,27,28)/t3*14-,16+,17+,18-,20-,21+/m000/s1/i6D2,7D2,10D2,11D2,17D,18D,20D,21D;7D2,10D2,11D2,17D,18D,20D,21D;6D2,10D2,11D2,17D,18D,20D,21D. The zero-order valence-electron chi connectivity index (χ0n) is 89.6. The van der Waals surface area contributed by atoms with Crippen molar-refractivity contribution in [1.29, 1.82) is 0 Å². The van der Waals surface area contributed by atoms with Crippen molar-refractivity contribution in [3.05, 3.63) is 105 Å². The predicted molar refractivity (Wildman–Crippen MR) is 398 cm³/mol. The van der Waals surface area contributed by atoms with Gasteiger partial charge in [0.25, 0.3) is 0 Å². The molecule has 0 aliphatic heterocycles. The van der Waals surface area contributed by atoms with Crippen LogP contribution in [0, 0.1) is 38.2 Å². The molecule has 0 spiro atoms. The van der Waals surface area contributed by atoms with E-state index in [4.69, 9.17) is 53.3 Å². The molecule has 6 aromatic heterocycles. The molecule has 15 rings (SSSR count). The molecule has 6 aliphatic rings. The van der Waals surface area contributed by atoms with E-state index in [1.54, 1.807) is 39.0 Å². The van der Waals surface area contributed by atoms with Gasteiger partial charge in [-0.2, -0.15) is 0 Å². The predicted octanol–water partition coefficient (Wildman–Crippen LogP) is 6.55. The van der Waals surface area contributed by atoms with Gasteiger partial charge < -0.3 is 76.1 Å². The first-order chi connectivity index (χ1) is 63.8. The molecule has 3 aromatic carbocycles. The van der Waals surface area contributed by atoms with E-state index in [0.717, 1.165) is 35.3 Å². The third-order valence-electron chi connectivity index (χ3n) is 16.5. The number of nitrogens with zero attached hydrogens (tertiary/aromatic N) is 15. The van der Waals surface area contributed by atoms with Gasteiger partial charge in [0.1, 0.15) is 53.9 Å². The first-order valence-corrected chi connectivity index (χ1v) is 36.1. The Hall–Kier alpha value is -7.14. The lowest BCUT2D eigenvalue weighted by Gasteiger charge is -2.17. The maximum atomic E-state index is 14.3. The fourth-order valence-electron chi connectivity index (χ4n) is 10.7. The van der Waals surface area contributed by atoms with E-state index in [1.165, 1.54) is 36.4 Å². The van der Waals surface area contributed by atoms with E-state index in [-0.39, 0.29) is 58.8 Å². The summed E-state index contributed by atoms with van der Waals surface area (Å²) in [4.78, 5) is 25.9. The van der Waals surface area contributed by atoms with Crippen LogP contribution < -0.4 is 16.0 Å². The Morgan fingerprint density at radius 1 is 0.463 bits per heavy atom. The van der Waals surface area contributed by atoms with E-state index in [9.17, 15) is 59.1 Å². The maximum Gasteiger partial charge on any atom is 0.191 e. The van der Waals surface area contributed by atoms with Gasteiger partial charge in [0.15, 0.2) is 66.4 Å². The van der Waals surface area contributed by atoms with Crippen LogP contribution in [0.4, 0.5) is 30.6 Å². The van der Waals surface area contributed by atoms with Crippen molar-refractivity contribution in [2.75, 3.05) is 72.7 Å². The summed E-state index contributed by atoms with van der Waals surface area (Å²) in [5.41, 5.74) is -0.406. The molecule has 0 saturated heterocycles. The van der Waals surface area contributed by atoms with Gasteiger partial charge in [0.05, 0.1) is 103 Å². The normalized spacial score (nSPS) is 43.5. The van der Waals surface area contributed by atoms with Gasteiger partial charge in [-0.3, -0.25) is 0 Å². The molecule has 6 heterocycles. The smallest absolute Gasteiger partial charge is 0.191 e. The molecular formula is C72H93F3N18O12S3. The minimum Gasteiger partial charge on any atom is -0.394 e. The van der Waals surface area contributed by atoms with Crippen molar-refractivity contribution in [3.8, 4) is 0 Å². The van der Waals surface area contributed by atoms with Gasteiger partial charge in [-0.15, -0.1) is 15.3 Å². The van der Waals surface area contributed by atoms with Gasteiger partial charge in [-0.25, -0.2) is 57.1 Å². The molecule has 582 valence electrons. The van der Waals surface area contributed by atoms with Gasteiger partial charge >= 0.3 is 0 Å². The Bertz CT molecular complexity index is 6290. The van der Waals surface area contributed by atoms with Crippen LogP contribution in [0.1, 0.15) is 191 Å². The van der Waals surface area contributed by atoms with Crippen molar-refractivity contribution in [2.45, 2.75) is 223 Å². The summed E-state index contributed by atoms with van der Waals surface area (Å²) in [5, 5.41) is 126. The number of fused-ring (bicyclic) bond motifs is 3. The number of hydrogen-bond acceptors (Lipinski definition) is 30. The molecule has 6 saturated carbocycles. The van der Waals surface area contributed by atoms with Crippen molar-refractivity contribution in [2.24, 2.45) is 0 Å². The van der Waals surface area contributed by atoms with Crippen LogP contribution in [0.2, 0.25) is 0 Å². The molecule has 108 heavy (non-hydrogen) atoms. The first kappa shape index (κ1) is 47.9. The number of benzene rings is 3. The number of rotatable bonds is 30. The highest BCUT2D eigenvalue weighted by atomic mass is 32.2. The minimum atomic E-state index is -4.28. The van der Waals surface area contributed by atoms with E-state index >= 15 is 0 Å². The second-order valence-electron chi connectivity index (χ2n) is 24.1. The number of aromatic nitrogens is 15. The number of nitrogens with one attached hydrogen (secondary N) is 3. The van der Waals surface area contributed by atoms with Gasteiger partial charge in [-0.05, 0) is 111 Å². The molecule has 6 fully saturated rings. The summed E-state index contributed by atoms with van der Waals surface area (Å²) in [6.07, 6.45) is -51.9. The van der Waals surface area contributed by atoms with Crippen LogP contribution in [0.5, 0.6) is 0 Å². The lowest BCUT2D eigenvalue weighted by Crippen LogP contribution is -2.33. The summed E-state index contributed by atoms with van der Waals surface area (Å²) in [5.74, 6) is -3.25. The summed E-state index contributed by atoms with van der Waals surface area (Å²) in [6, 6.07) is -1.17. The van der Waals surface area contributed by atoms with Gasteiger partial charge in [0.2, 0.25) is 0 Å². The molecule has 0 unspecified atom stereocenters. The number of anilines is 3. The van der Waals surface area contributed by atoms with Gasteiger partial charge in [0, 0.05) is 88.7 Å². The molecule has 9 aromatic rings. The zero-order valence-corrected chi connectivity index (χ0v) is 60.1. The Morgan fingerprint density at radius 2 is 0.787 bits per heavy atom. The van der Waals surface area contributed by atoms with Crippen molar-refractivity contribution in [3.63, 3.8) is 0 Å². The van der Waals surface area contributed by atoms with Crippen LogP contribution in [-0.4, -0.2) is 250 Å². The number of aryl methyl sites for hydroxylation is 3. The number of hydrogen-bond donors (Lipinski definition) is 12. The van der Waals surface area contributed by atoms with Crippen LogP contribution in [0.3, 0.4) is 0 Å². The highest BCUT2D eigenvalue weighted by Crippen LogP contribution is 2.48. The second kappa shape index (κ2) is 35.1. The molecule has 18 atom stereocenters. The second-order valence-corrected chi connectivity index (χ2v) is 27.3. The number of ether oxygens (including phenoxy) is 3. The van der Waals surface area contributed by atoms with Crippen LogP contribution >= 0.6 is 35.3 Å². The Labute approximate surface area is 678 Å². The molecule has 6 aliphatic carbocycles. The maximum absolute atomic E-state index is 14.3. The highest BCUT2D eigenvalue weighted by molar-refractivity contribution is 7.99. The molecule has 0 radical (unpaired) electrons. The monoisotopic (exact) mass is 1590 g/mol. The number of thioether (sulfide) groups is 3. The largest absolute Gasteiger partial charge is 0.394 e. The van der Waals surface area contributed by atoms with Crippen LogP contribution in [0.15, 0.2) is 70.1 Å². The van der Waals surface area contributed by atoms with Crippen molar-refractivity contribution in [1.82, 2.24) is 74.9 Å². The lowest BCUT2D eigenvalue weighted by atomic mass is 10.1. The molecule has 0 bridgehead atoms. The number of halogens is 3. The van der Waals surface area contributed by atoms with Gasteiger partial charge in [-0.1, -0.05) is 108 Å². The van der Waals surface area contributed by atoms with E-state index in [2.05, 4.69) is 81.5 Å². The van der Waals surface area contributed by atoms with Crippen LogP contribution in [-0.2, 0) is 14.2 Å². The quantitative estimate of drug-likeness (QED) is 0.0168. The molecule has 12 N–H and O–H groups in total. The summed E-state index contributed by atoms with van der Waals surface area (Å²) in [6.45, 7) is -7.16. The average molecular weight is 1590 g/mol. The zero-order chi connectivity index (χ0) is 105. The Kier molecular flexibility index (Phi) is 15.6. The van der Waals surface area contributed by atoms with E-state index in [0.29, 0.717) is 74.6 Å². The first-order valence-electron chi connectivity index (χ1n) is 49.1. The summed E-state index contributed by atoms with van der Waals surface area (Å²) in [7, 11) is 0. The third kappa shape index (κ3) is 17.5. The van der Waals surface area contributed by atoms with E-state index < -0.39 is 221 Å². The lowest BCUT2D eigenvalue weighted by molar-refractivity contribution is -0.0629. The Balaban J connectivity index is 0.000000177. The van der Waals surface area contributed by atoms with Crippen molar-refractivity contribution >= 4 is 86.2 Å². The minimum absolute atomic E-state index is 0.00165. The fraction of sp³-hybridized carbons (Fsp3) is 0.583. The molecular weight excluding hydrogens is 1460 g/mol. The third-order valence-corrected chi connectivity index (χ3v) is 19.6. The summed E-state index contributed by atoms with van der Waals surface area (Å²) >= 11 is 3.26. The van der Waals surface area contributed by atoms with Crippen molar-refractivity contribution < 1.29 is 117 Å². The Morgan fingerprint density at radius 3 is 1.08 bits per heavy atom. The topological polar surface area (TPSA) is 415 Å². The average Bonchev–Trinajstić information content (AvgIpc) is 1.49. The summed E-state index contributed by atoms with van der Waals surface area (Å²) < 4.78 is 324. The highest BCUT2D eigenvalue weighted by Gasteiger charge is 2.49. The molecule has 0 amide bonds. The molecule has 30 nitrogen and oxygen atoms in total. The number of aliphatic hydroxyl groups excluding tert-OH is 1. The SMILES string of the molecule is [2H]C([2H])(CO)O[C@@]1([2H])C([2H])([2H])[C@@]([2H])(n2nnc3c(N[C@H]4[C@H](c5ccc(C)c(F)c5)C4([2H])[2H])nc(SCCC)nc32)[C@]([2H])(O)[C@]1([2H])O.[2H]C([2H])(O)CO[C@@]1([2H])C([2H])([2H])[C@@]([2H])(n2nnc3c(N[C@H]4[C@H](c5ccc(C)c(F)c5)C4([2H])[2H])nc(SCCC)nc32)[C@]([2H])(O)[C@]1([2H])O.[2H]C1([2H])[C@@H](Nc2nc(SCCC)nc3c2nnn3[C@]2([2H])C([2H])([2H])[C@]([2H])(OC([2H])([2H])C([2H])([2H])O)[C@@]([2H])(O)[C@@]2([2H])O)[C@@H]1c1ccc(C)c(F)c1. The molecule has 36 heteroatoms.